The zero-order valence-electron chi connectivity index (χ0n) is 7.48. The van der Waals surface area contributed by atoms with Crippen LogP contribution in [0.25, 0.3) is 11.5 Å². The predicted octanol–water partition coefficient (Wildman–Crippen LogP) is 0.966. The molecule has 0 aliphatic heterocycles. The van der Waals surface area contributed by atoms with Gasteiger partial charge in [0, 0.05) is 13.1 Å². The van der Waals surface area contributed by atoms with Crippen molar-refractivity contribution < 1.29 is 4.52 Å². The topological polar surface area (TPSA) is 69.9 Å². The van der Waals surface area contributed by atoms with Crippen molar-refractivity contribution in [1.29, 1.82) is 0 Å². The molecular formula is C8H10N4O. The molecule has 5 heteroatoms. The number of hydrogen-bond acceptors (Lipinski definition) is 4. The molecule has 2 rings (SSSR count). The first-order valence-corrected chi connectivity index (χ1v) is 3.89. The Hall–Kier alpha value is -1.78. The average Bonchev–Trinajstić information content (AvgIpc) is 2.60. The standard InChI is InChI=1S/C8H10N4O/c1-5-3-7(13-11-5)8-6(9)4-10-12(8)2/h3-4H,9H2,1-2H3. The monoisotopic (exact) mass is 178 g/mol. The second kappa shape index (κ2) is 2.62. The molecule has 0 aromatic carbocycles. The van der Waals surface area contributed by atoms with Crippen LogP contribution in [0, 0.1) is 6.92 Å². The van der Waals surface area contributed by atoms with Crippen LogP contribution in [-0.2, 0) is 7.05 Å². The third-order valence-electron chi connectivity index (χ3n) is 1.83. The van der Waals surface area contributed by atoms with E-state index >= 15 is 0 Å². The molecule has 0 bridgehead atoms. The maximum Gasteiger partial charge on any atom is 0.187 e. The Bertz CT molecular complexity index is 410. The van der Waals surface area contributed by atoms with Gasteiger partial charge >= 0.3 is 0 Å². The number of hydrogen-bond donors (Lipinski definition) is 1. The Morgan fingerprint density at radius 2 is 2.31 bits per heavy atom. The summed E-state index contributed by atoms with van der Waals surface area (Å²) in [6, 6.07) is 1.83. The smallest absolute Gasteiger partial charge is 0.187 e. The molecule has 0 unspecified atom stereocenters. The van der Waals surface area contributed by atoms with Crippen molar-refractivity contribution in [3.8, 4) is 11.5 Å². The Morgan fingerprint density at radius 3 is 2.77 bits per heavy atom. The van der Waals surface area contributed by atoms with Crippen molar-refractivity contribution in [2.24, 2.45) is 7.05 Å². The molecule has 2 N–H and O–H groups in total. The van der Waals surface area contributed by atoms with E-state index in [0.29, 0.717) is 11.4 Å². The van der Waals surface area contributed by atoms with Crippen molar-refractivity contribution >= 4 is 5.69 Å². The molecule has 0 saturated heterocycles. The van der Waals surface area contributed by atoms with E-state index < -0.39 is 0 Å². The van der Waals surface area contributed by atoms with Gasteiger partial charge in [-0.2, -0.15) is 5.10 Å². The first kappa shape index (κ1) is 7.85. The largest absolute Gasteiger partial charge is 0.396 e. The van der Waals surface area contributed by atoms with Crippen LogP contribution in [0.5, 0.6) is 0 Å². The molecule has 2 aromatic rings. The second-order valence-corrected chi connectivity index (χ2v) is 2.90. The summed E-state index contributed by atoms with van der Waals surface area (Å²) in [6.45, 7) is 1.86. The minimum atomic E-state index is 0.596. The van der Waals surface area contributed by atoms with Crippen LogP contribution in [0.4, 0.5) is 5.69 Å². The number of anilines is 1. The molecule has 0 fully saturated rings. The molecule has 0 saturated carbocycles. The van der Waals surface area contributed by atoms with Gasteiger partial charge in [-0.1, -0.05) is 5.16 Å². The maximum atomic E-state index is 5.71. The van der Waals surface area contributed by atoms with Gasteiger partial charge in [-0.15, -0.1) is 0 Å². The summed E-state index contributed by atoms with van der Waals surface area (Å²) in [5, 5.41) is 7.79. The predicted molar refractivity (Wildman–Crippen MR) is 47.9 cm³/mol. The van der Waals surface area contributed by atoms with Gasteiger partial charge in [-0.25, -0.2) is 0 Å². The molecule has 0 atom stereocenters. The van der Waals surface area contributed by atoms with Crippen LogP contribution in [0.3, 0.4) is 0 Å². The van der Waals surface area contributed by atoms with Gasteiger partial charge in [0.15, 0.2) is 5.76 Å². The molecule has 0 aliphatic rings. The first-order valence-electron chi connectivity index (χ1n) is 3.89. The van der Waals surface area contributed by atoms with E-state index in [-0.39, 0.29) is 0 Å². The van der Waals surface area contributed by atoms with E-state index in [4.69, 9.17) is 10.3 Å². The highest BCUT2D eigenvalue weighted by Gasteiger charge is 2.12. The van der Waals surface area contributed by atoms with Gasteiger partial charge in [0.1, 0.15) is 5.69 Å². The molecule has 2 aromatic heterocycles. The van der Waals surface area contributed by atoms with Gasteiger partial charge < -0.3 is 10.3 Å². The Labute approximate surface area is 75.1 Å². The van der Waals surface area contributed by atoms with Crippen LogP contribution < -0.4 is 5.73 Å². The summed E-state index contributed by atoms with van der Waals surface area (Å²) in [4.78, 5) is 0. The lowest BCUT2D eigenvalue weighted by Gasteiger charge is -1.96. The molecular weight excluding hydrogens is 168 g/mol. The van der Waals surface area contributed by atoms with Crippen molar-refractivity contribution in [3.05, 3.63) is 18.0 Å². The van der Waals surface area contributed by atoms with Crippen molar-refractivity contribution in [2.75, 3.05) is 5.73 Å². The van der Waals surface area contributed by atoms with E-state index in [1.807, 2.05) is 20.0 Å². The highest BCUT2D eigenvalue weighted by molar-refractivity contribution is 5.68. The summed E-state index contributed by atoms with van der Waals surface area (Å²) in [7, 11) is 1.81. The normalized spacial score (nSPS) is 10.6. The summed E-state index contributed by atoms with van der Waals surface area (Å²) in [5.41, 5.74) is 7.90. The van der Waals surface area contributed by atoms with Gasteiger partial charge in [-0.3, -0.25) is 4.68 Å². The molecule has 5 nitrogen and oxygen atoms in total. The zero-order valence-corrected chi connectivity index (χ0v) is 7.48. The fraction of sp³-hybridized carbons (Fsp3) is 0.250. The number of nitrogens with two attached hydrogens (primary N) is 1. The third-order valence-corrected chi connectivity index (χ3v) is 1.83. The minimum absolute atomic E-state index is 0.596. The summed E-state index contributed by atoms with van der Waals surface area (Å²) >= 11 is 0. The summed E-state index contributed by atoms with van der Waals surface area (Å²) < 4.78 is 6.74. The SMILES string of the molecule is Cc1cc(-c2c(N)cnn2C)on1. The molecule has 0 spiro atoms. The van der Waals surface area contributed by atoms with Crippen molar-refractivity contribution in [1.82, 2.24) is 14.9 Å². The fourth-order valence-electron chi connectivity index (χ4n) is 1.23. The molecule has 13 heavy (non-hydrogen) atoms. The van der Waals surface area contributed by atoms with Crippen molar-refractivity contribution in [3.63, 3.8) is 0 Å². The van der Waals surface area contributed by atoms with Gasteiger partial charge in [0.25, 0.3) is 0 Å². The van der Waals surface area contributed by atoms with E-state index in [0.717, 1.165) is 11.4 Å². The van der Waals surface area contributed by atoms with Crippen molar-refractivity contribution in [2.45, 2.75) is 6.92 Å². The van der Waals surface area contributed by atoms with Gasteiger partial charge in [0.2, 0.25) is 0 Å². The van der Waals surface area contributed by atoms with E-state index in [2.05, 4.69) is 10.3 Å². The quantitative estimate of drug-likeness (QED) is 0.706. The number of aryl methyl sites for hydroxylation is 2. The second-order valence-electron chi connectivity index (χ2n) is 2.90. The van der Waals surface area contributed by atoms with Crippen LogP contribution >= 0.6 is 0 Å². The van der Waals surface area contributed by atoms with Crippen LogP contribution in [0.1, 0.15) is 5.69 Å². The van der Waals surface area contributed by atoms with Gasteiger partial charge in [-0.05, 0) is 6.92 Å². The molecule has 2 heterocycles. The van der Waals surface area contributed by atoms with E-state index in [1.165, 1.54) is 0 Å². The highest BCUT2D eigenvalue weighted by Crippen LogP contribution is 2.24. The Balaban J connectivity index is 2.57. The van der Waals surface area contributed by atoms with Crippen LogP contribution in [-0.4, -0.2) is 14.9 Å². The lowest BCUT2D eigenvalue weighted by molar-refractivity contribution is 0.424. The van der Waals surface area contributed by atoms with Gasteiger partial charge in [0.05, 0.1) is 17.6 Å². The molecule has 68 valence electrons. The number of rotatable bonds is 1. The lowest BCUT2D eigenvalue weighted by atomic mass is 10.3. The van der Waals surface area contributed by atoms with E-state index in [1.54, 1.807) is 10.9 Å². The number of nitrogens with zero attached hydrogens (tertiary/aromatic N) is 3. The lowest BCUT2D eigenvalue weighted by Crippen LogP contribution is -1.94. The molecule has 0 radical (unpaired) electrons. The summed E-state index contributed by atoms with van der Waals surface area (Å²) in [6.07, 6.45) is 1.59. The molecule has 0 aliphatic carbocycles. The van der Waals surface area contributed by atoms with E-state index in [9.17, 15) is 0 Å². The number of aromatic nitrogens is 3. The third kappa shape index (κ3) is 1.18. The maximum absolute atomic E-state index is 5.71. The highest BCUT2D eigenvalue weighted by atomic mass is 16.5. The first-order chi connectivity index (χ1) is 6.18. The Kier molecular flexibility index (Phi) is 1.58. The summed E-state index contributed by atoms with van der Waals surface area (Å²) in [5.74, 6) is 0.648. The fourth-order valence-corrected chi connectivity index (χ4v) is 1.23. The Morgan fingerprint density at radius 1 is 1.54 bits per heavy atom. The number of nitrogen functional groups attached to an aromatic ring is 1. The van der Waals surface area contributed by atoms with Crippen LogP contribution in [0.2, 0.25) is 0 Å². The zero-order chi connectivity index (χ0) is 9.42. The average molecular weight is 178 g/mol. The minimum Gasteiger partial charge on any atom is -0.396 e. The van der Waals surface area contributed by atoms with Crippen LogP contribution in [0.15, 0.2) is 16.8 Å². The molecule has 0 amide bonds.